The molecule has 2 saturated heterocycles. The van der Waals surface area contributed by atoms with E-state index in [4.69, 9.17) is 0 Å². The fraction of sp³-hybridized carbons (Fsp3) is 1.00. The molecule has 1 spiro atoms. The van der Waals surface area contributed by atoms with E-state index in [1.165, 1.54) is 0 Å². The molecule has 0 radical (unpaired) electrons. The van der Waals surface area contributed by atoms with E-state index in [1.807, 2.05) is 0 Å². The van der Waals surface area contributed by atoms with Crippen molar-refractivity contribution in [1.82, 2.24) is 0 Å². The minimum atomic E-state index is -10.8. The topological polar surface area (TPSA) is 46.2 Å². The Bertz CT molecular complexity index is 965. The number of halogens is 24. The first-order valence-corrected chi connectivity index (χ1v) is 15.7. The molecule has 0 amide bonds. The molecule has 2 heterocycles. The van der Waals surface area contributed by atoms with E-state index in [1.54, 1.807) is 0 Å². The third kappa shape index (κ3) is 4.87. The van der Waals surface area contributed by atoms with Crippen molar-refractivity contribution in [3.63, 3.8) is 0 Å². The van der Waals surface area contributed by atoms with Crippen molar-refractivity contribution in [1.29, 1.82) is 0 Å². The zero-order valence-electron chi connectivity index (χ0n) is 21.1. The average Bonchev–Trinajstić information content (AvgIpc) is 3.12. The number of rotatable bonds is 2. The molecular weight excluding hydrogens is 775 g/mol. The van der Waals surface area contributed by atoms with Crippen molar-refractivity contribution < 1.29 is 128 Å². The van der Waals surface area contributed by atoms with Crippen LogP contribution in [0, 0.1) is 0 Å². The van der Waals surface area contributed by atoms with Crippen molar-refractivity contribution in [2.45, 2.75) is 91.5 Å². The van der Waals surface area contributed by atoms with Crippen LogP contribution in [0.1, 0.15) is 0 Å². The van der Waals surface area contributed by atoms with Gasteiger partial charge in [0.2, 0.25) is 0 Å². The van der Waals surface area contributed by atoms with E-state index in [9.17, 15) is 105 Å². The van der Waals surface area contributed by atoms with Crippen LogP contribution in [0.15, 0.2) is 0 Å². The van der Waals surface area contributed by atoms with Gasteiger partial charge in [0.15, 0.2) is 0 Å². The Balaban J connectivity index is 3.66. The van der Waals surface area contributed by atoms with Crippen LogP contribution in [0.25, 0.3) is 0 Å². The van der Waals surface area contributed by atoms with Crippen molar-refractivity contribution in [3.05, 3.63) is 0 Å². The third-order valence-corrected chi connectivity index (χ3v) is 11.4. The Labute approximate surface area is 236 Å². The Morgan fingerprint density at radius 2 is 0.478 bits per heavy atom. The minimum absolute atomic E-state index is 0.0398. The molecule has 0 atom stereocenters. The van der Waals surface area contributed by atoms with Crippen LogP contribution in [0.4, 0.5) is 105 Å². The molecule has 2 aliphatic heterocycles. The summed E-state index contributed by atoms with van der Waals surface area (Å²) in [5.74, 6) is 0. The van der Waals surface area contributed by atoms with Gasteiger partial charge in [0.1, 0.15) is 0 Å². The van der Waals surface area contributed by atoms with Crippen LogP contribution >= 0.6 is 7.74 Å². The summed E-state index contributed by atoms with van der Waals surface area (Å²) in [5.41, 5.74) is -34.6. The van der Waals surface area contributed by atoms with Gasteiger partial charge < -0.3 is 0 Å². The van der Waals surface area contributed by atoms with Gasteiger partial charge in [0, 0.05) is 0 Å². The molecule has 0 aromatic carbocycles. The second-order valence-electron chi connectivity index (χ2n) is 10.0. The predicted octanol–water partition coefficient (Wildman–Crippen LogP) is 9.51. The van der Waals surface area contributed by atoms with Gasteiger partial charge in [-0.1, -0.05) is 0 Å². The predicted molar refractivity (Wildman–Crippen MR) is 95.1 cm³/mol. The van der Waals surface area contributed by atoms with Gasteiger partial charge in [-0.05, 0) is 0 Å². The Morgan fingerprint density at radius 3 is 0.565 bits per heavy atom. The van der Waals surface area contributed by atoms with Gasteiger partial charge in [-0.3, -0.25) is 0 Å². The number of hydrogen-bond acceptors (Lipinski definition) is 5. The van der Waals surface area contributed by atoms with E-state index in [2.05, 4.69) is 22.3 Å². The summed E-state index contributed by atoms with van der Waals surface area (Å²) in [6.45, 7) is -0.119. The molecular formula is C15H9F24O5PSi. The number of alkyl halides is 24. The zero-order valence-corrected chi connectivity index (χ0v) is 23.0. The molecule has 0 bridgehead atoms. The van der Waals surface area contributed by atoms with Gasteiger partial charge in [-0.2, -0.15) is 0 Å². The molecule has 0 saturated carbocycles. The van der Waals surface area contributed by atoms with Gasteiger partial charge in [-0.25, -0.2) is 0 Å². The summed E-state index contributed by atoms with van der Waals surface area (Å²) in [6.07, 6.45) is -68.9. The van der Waals surface area contributed by atoms with Gasteiger partial charge in [0.05, 0.1) is 0 Å². The molecule has 46 heavy (non-hydrogen) atoms. The van der Waals surface area contributed by atoms with Crippen LogP contribution < -0.4 is 0 Å². The molecule has 0 aromatic heterocycles. The summed E-state index contributed by atoms with van der Waals surface area (Å²) in [7, 11) is -16.3. The quantitative estimate of drug-likeness (QED) is 0.159. The zero-order chi connectivity index (χ0) is 37.5. The fourth-order valence-electron chi connectivity index (χ4n) is 4.44. The first-order chi connectivity index (χ1) is 19.3. The molecule has 0 unspecified atom stereocenters. The fourth-order valence-corrected chi connectivity index (χ4v) is 12.0. The summed E-state index contributed by atoms with van der Waals surface area (Å²) < 4.78 is 352. The standard InChI is InChI=1S/C15H9F24O5PSi/c1-46(2,3)44-45(40-4(8(16,17)18,9(19,20)21)5(41-45,10(22,23)24)11(25,26)27)42-6(12(28,29)30,13(31,32)33)7(43-45,14(34,35)36)15(37,38)39/h1-3H3. The first kappa shape index (κ1) is 40.9. The maximum atomic E-state index is 14.1. The monoisotopic (exact) mass is 784 g/mol. The Morgan fingerprint density at radius 1 is 0.348 bits per heavy atom. The van der Waals surface area contributed by atoms with Gasteiger partial charge in [0.25, 0.3) is 0 Å². The molecule has 0 aromatic rings. The normalized spacial score (nSPS) is 26.2. The van der Waals surface area contributed by atoms with Crippen molar-refractivity contribution >= 4 is 16.1 Å². The average molecular weight is 784 g/mol. The number of hydrogen-bond donors (Lipinski definition) is 0. The molecule has 0 N–H and O–H groups in total. The van der Waals surface area contributed by atoms with Crippen LogP contribution in [-0.4, -0.2) is 80.1 Å². The van der Waals surface area contributed by atoms with Crippen LogP contribution in [0.5, 0.6) is 0 Å². The second-order valence-corrected chi connectivity index (χ2v) is 17.2. The molecule has 2 aliphatic rings. The van der Waals surface area contributed by atoms with Crippen molar-refractivity contribution in [2.24, 2.45) is 0 Å². The third-order valence-electron chi connectivity index (χ3n) is 5.75. The SMILES string of the molecule is C[Si](C)(C)OP12(OC(C(F)(F)F)(C(F)(F)F)C(C(F)(F)F)(C(F)(F)F)O1)OC(C(F)(F)F)(C(F)(F)F)C(C(F)(F)F)(C(F)(F)F)O2. The Hall–Kier alpha value is -1.23. The van der Waals surface area contributed by atoms with Crippen molar-refractivity contribution in [3.8, 4) is 0 Å². The molecule has 2 rings (SSSR count). The second kappa shape index (κ2) is 9.51. The maximum absolute atomic E-state index is 14.1. The summed E-state index contributed by atoms with van der Waals surface area (Å²) in [6, 6.07) is 0. The van der Waals surface area contributed by atoms with E-state index < -0.39 is 87.9 Å². The van der Waals surface area contributed by atoms with Gasteiger partial charge in [-0.15, -0.1) is 0 Å². The van der Waals surface area contributed by atoms with E-state index >= 15 is 0 Å². The van der Waals surface area contributed by atoms with E-state index in [0.717, 1.165) is 0 Å². The van der Waals surface area contributed by atoms with Gasteiger partial charge >= 0.3 is 235 Å². The summed E-state index contributed by atoms with van der Waals surface area (Å²) in [4.78, 5) is 0. The van der Waals surface area contributed by atoms with Crippen molar-refractivity contribution in [2.75, 3.05) is 0 Å². The molecule has 2 fully saturated rings. The Kier molecular flexibility index (Phi) is 8.46. The van der Waals surface area contributed by atoms with Crippen LogP contribution in [-0.2, 0) is 22.3 Å². The van der Waals surface area contributed by atoms with E-state index in [0.29, 0.717) is 0 Å². The van der Waals surface area contributed by atoms with Crippen LogP contribution in [0.3, 0.4) is 0 Å². The molecule has 31 heteroatoms. The molecule has 5 nitrogen and oxygen atoms in total. The summed E-state index contributed by atoms with van der Waals surface area (Å²) >= 11 is 0. The van der Waals surface area contributed by atoms with E-state index in [-0.39, 0.29) is 19.6 Å². The summed E-state index contributed by atoms with van der Waals surface area (Å²) in [5, 5.41) is 0. The molecule has 276 valence electrons. The van der Waals surface area contributed by atoms with Crippen LogP contribution in [0.2, 0.25) is 19.6 Å². The molecule has 0 aliphatic carbocycles. The first-order valence-electron chi connectivity index (χ1n) is 10.5.